The molecule has 2 N–H and O–H groups in total. The van der Waals surface area contributed by atoms with Crippen LogP contribution in [-0.4, -0.2) is 54.0 Å². The molecule has 2 aromatic heterocycles. The number of nitrogens with one attached hydrogen (secondary N) is 2. The van der Waals surface area contributed by atoms with Gasteiger partial charge in [-0.05, 0) is 50.1 Å². The number of aromatic nitrogens is 3. The first-order chi connectivity index (χ1) is 15.6. The Labute approximate surface area is 189 Å². The van der Waals surface area contributed by atoms with Crippen molar-refractivity contribution in [1.29, 1.82) is 0 Å². The molecular weight excluding hydrogens is 402 g/mol. The summed E-state index contributed by atoms with van der Waals surface area (Å²) in [5.74, 6) is 2.52. The molecule has 8 heteroatoms. The number of aliphatic imine (C=N–C) groups is 1. The molecule has 168 valence electrons. The molecule has 1 aromatic carbocycles. The van der Waals surface area contributed by atoms with Crippen LogP contribution in [0.4, 0.5) is 5.69 Å². The number of nitrogens with zero attached hydrogens (tertiary/aromatic N) is 5. The Kier molecular flexibility index (Phi) is 6.58. The predicted molar refractivity (Wildman–Crippen MR) is 128 cm³/mol. The molecule has 0 aliphatic carbocycles. The summed E-state index contributed by atoms with van der Waals surface area (Å²) in [7, 11) is 3.52. The third-order valence-corrected chi connectivity index (χ3v) is 5.67. The summed E-state index contributed by atoms with van der Waals surface area (Å²) in [4.78, 5) is 11.3. The molecule has 1 atom stereocenters. The molecule has 0 amide bonds. The van der Waals surface area contributed by atoms with Gasteiger partial charge in [0.2, 0.25) is 0 Å². The lowest BCUT2D eigenvalue weighted by molar-refractivity contribution is 0.415. The Hall–Kier alpha value is -3.55. The largest absolute Gasteiger partial charge is 0.495 e. The molecule has 1 unspecified atom stereocenters. The van der Waals surface area contributed by atoms with Gasteiger partial charge in [-0.3, -0.25) is 4.99 Å². The van der Waals surface area contributed by atoms with E-state index in [1.807, 2.05) is 55.1 Å². The Balaban J connectivity index is 1.31. The number of aryl methyl sites for hydroxylation is 2. The first kappa shape index (κ1) is 21.7. The van der Waals surface area contributed by atoms with Crippen LogP contribution in [0.5, 0.6) is 5.75 Å². The van der Waals surface area contributed by atoms with E-state index in [4.69, 9.17) is 4.74 Å². The van der Waals surface area contributed by atoms with Gasteiger partial charge in [-0.15, -0.1) is 0 Å². The van der Waals surface area contributed by atoms with E-state index in [0.717, 1.165) is 59.7 Å². The van der Waals surface area contributed by atoms with Crippen molar-refractivity contribution < 1.29 is 4.74 Å². The minimum atomic E-state index is 0.317. The molecule has 1 saturated heterocycles. The van der Waals surface area contributed by atoms with Crippen LogP contribution in [0.25, 0.3) is 5.82 Å². The maximum atomic E-state index is 5.52. The number of anilines is 1. The summed E-state index contributed by atoms with van der Waals surface area (Å²) >= 11 is 0. The Bertz CT molecular complexity index is 1070. The van der Waals surface area contributed by atoms with Gasteiger partial charge >= 0.3 is 0 Å². The van der Waals surface area contributed by atoms with Gasteiger partial charge < -0.3 is 20.3 Å². The van der Waals surface area contributed by atoms with Crippen LogP contribution in [-0.2, 0) is 6.54 Å². The molecule has 3 heterocycles. The van der Waals surface area contributed by atoms with E-state index in [1.165, 1.54) is 0 Å². The Morgan fingerprint density at radius 2 is 2.06 bits per heavy atom. The van der Waals surface area contributed by atoms with Gasteiger partial charge in [-0.2, -0.15) is 5.10 Å². The normalized spacial score (nSPS) is 16.3. The molecule has 0 spiro atoms. The average molecular weight is 434 g/mol. The molecule has 1 aliphatic rings. The number of hydrogen-bond donors (Lipinski definition) is 2. The van der Waals surface area contributed by atoms with Crippen molar-refractivity contribution in [2.24, 2.45) is 4.99 Å². The van der Waals surface area contributed by atoms with Gasteiger partial charge in [0.25, 0.3) is 0 Å². The van der Waals surface area contributed by atoms with Crippen molar-refractivity contribution in [2.75, 3.05) is 32.1 Å². The zero-order valence-corrected chi connectivity index (χ0v) is 19.2. The minimum Gasteiger partial charge on any atom is -0.495 e. The summed E-state index contributed by atoms with van der Waals surface area (Å²) in [6.07, 6.45) is 2.92. The molecular formula is C24H31N7O. The van der Waals surface area contributed by atoms with Crippen LogP contribution >= 0.6 is 0 Å². The Morgan fingerprint density at radius 1 is 1.22 bits per heavy atom. The number of ether oxygens (including phenoxy) is 1. The number of guanidine groups is 1. The van der Waals surface area contributed by atoms with Crippen LogP contribution in [0.15, 0.2) is 53.7 Å². The van der Waals surface area contributed by atoms with E-state index in [-0.39, 0.29) is 0 Å². The van der Waals surface area contributed by atoms with E-state index in [2.05, 4.69) is 42.7 Å². The van der Waals surface area contributed by atoms with Crippen LogP contribution in [0.3, 0.4) is 0 Å². The van der Waals surface area contributed by atoms with Crippen LogP contribution in [0.2, 0.25) is 0 Å². The van der Waals surface area contributed by atoms with Crippen molar-refractivity contribution in [3.63, 3.8) is 0 Å². The number of rotatable bonds is 6. The molecule has 0 bridgehead atoms. The molecule has 1 fully saturated rings. The van der Waals surface area contributed by atoms with Crippen LogP contribution in [0, 0.1) is 13.8 Å². The lowest BCUT2D eigenvalue weighted by Gasteiger charge is -2.22. The molecule has 4 rings (SSSR count). The number of methoxy groups -OCH3 is 1. The highest BCUT2D eigenvalue weighted by Gasteiger charge is 2.25. The summed E-state index contributed by atoms with van der Waals surface area (Å²) in [6.45, 7) is 6.55. The maximum Gasteiger partial charge on any atom is 0.191 e. The maximum absolute atomic E-state index is 5.52. The smallest absolute Gasteiger partial charge is 0.191 e. The Morgan fingerprint density at radius 3 is 2.75 bits per heavy atom. The van der Waals surface area contributed by atoms with Gasteiger partial charge in [0, 0.05) is 44.6 Å². The fourth-order valence-corrected chi connectivity index (χ4v) is 4.07. The quantitative estimate of drug-likeness (QED) is 0.460. The van der Waals surface area contributed by atoms with Gasteiger partial charge in [0.15, 0.2) is 11.8 Å². The monoisotopic (exact) mass is 433 g/mol. The number of pyridine rings is 1. The second kappa shape index (κ2) is 9.72. The highest BCUT2D eigenvalue weighted by Crippen LogP contribution is 2.30. The van der Waals surface area contributed by atoms with E-state index >= 15 is 0 Å². The minimum absolute atomic E-state index is 0.317. The van der Waals surface area contributed by atoms with Gasteiger partial charge in [-0.25, -0.2) is 9.67 Å². The first-order valence-electron chi connectivity index (χ1n) is 10.9. The molecule has 0 saturated carbocycles. The lowest BCUT2D eigenvalue weighted by atomic mass is 10.2. The van der Waals surface area contributed by atoms with Crippen molar-refractivity contribution in [2.45, 2.75) is 32.9 Å². The third-order valence-electron chi connectivity index (χ3n) is 5.67. The number of hydrogen-bond acceptors (Lipinski definition) is 5. The summed E-state index contributed by atoms with van der Waals surface area (Å²) in [6, 6.07) is 14.6. The van der Waals surface area contributed by atoms with Crippen molar-refractivity contribution in [3.05, 3.63) is 65.6 Å². The molecule has 1 aliphatic heterocycles. The highest BCUT2D eigenvalue weighted by atomic mass is 16.5. The molecule has 32 heavy (non-hydrogen) atoms. The van der Waals surface area contributed by atoms with Crippen LogP contribution < -0.4 is 20.3 Å². The van der Waals surface area contributed by atoms with Crippen LogP contribution in [0.1, 0.15) is 23.4 Å². The summed E-state index contributed by atoms with van der Waals surface area (Å²) in [5.41, 5.74) is 4.28. The summed E-state index contributed by atoms with van der Waals surface area (Å²) in [5, 5.41) is 11.4. The van der Waals surface area contributed by atoms with E-state index < -0.39 is 0 Å². The van der Waals surface area contributed by atoms with E-state index in [9.17, 15) is 0 Å². The van der Waals surface area contributed by atoms with Gasteiger partial charge in [0.1, 0.15) is 5.75 Å². The number of para-hydroxylation sites is 2. The topological polar surface area (TPSA) is 79.6 Å². The second-order valence-electron chi connectivity index (χ2n) is 8.04. The third kappa shape index (κ3) is 4.85. The van der Waals surface area contributed by atoms with Crippen molar-refractivity contribution in [1.82, 2.24) is 25.4 Å². The van der Waals surface area contributed by atoms with E-state index in [0.29, 0.717) is 12.6 Å². The first-order valence-corrected chi connectivity index (χ1v) is 10.9. The lowest BCUT2D eigenvalue weighted by Crippen LogP contribution is -2.44. The zero-order chi connectivity index (χ0) is 22.5. The zero-order valence-electron chi connectivity index (χ0n) is 19.2. The standard InChI is InChI=1S/C24H31N7O/c1-17-13-18(2)31(29-17)23-10-9-19(14-26-23)15-27-24(25-3)28-20-11-12-30(16-20)21-7-5-6-8-22(21)32-4/h5-10,13-14,20H,11-12,15-16H2,1-4H3,(H2,25,27,28). The predicted octanol–water partition coefficient (Wildman–Crippen LogP) is 2.84. The average Bonchev–Trinajstić information content (AvgIpc) is 3.42. The second-order valence-corrected chi connectivity index (χ2v) is 8.04. The summed E-state index contributed by atoms with van der Waals surface area (Å²) < 4.78 is 7.38. The van der Waals surface area contributed by atoms with Crippen molar-refractivity contribution >= 4 is 11.6 Å². The SMILES string of the molecule is CN=C(NCc1ccc(-n2nc(C)cc2C)nc1)NC1CCN(c2ccccc2OC)C1. The van der Waals surface area contributed by atoms with E-state index in [1.54, 1.807) is 14.2 Å². The molecule has 3 aromatic rings. The fourth-order valence-electron chi connectivity index (χ4n) is 4.07. The molecule has 8 nitrogen and oxygen atoms in total. The van der Waals surface area contributed by atoms with Crippen molar-refractivity contribution in [3.8, 4) is 11.6 Å². The highest BCUT2D eigenvalue weighted by molar-refractivity contribution is 5.80. The van der Waals surface area contributed by atoms with Gasteiger partial charge in [0.05, 0.1) is 18.5 Å². The fraction of sp³-hybridized carbons (Fsp3) is 0.375. The number of benzene rings is 1. The molecule has 0 radical (unpaired) electrons. The van der Waals surface area contributed by atoms with Gasteiger partial charge in [-0.1, -0.05) is 18.2 Å².